The number of hydrogen-bond acceptors (Lipinski definition) is 4. The molecule has 4 nitrogen and oxygen atoms in total. The van der Waals surface area contributed by atoms with E-state index in [9.17, 15) is 13.6 Å². The van der Waals surface area contributed by atoms with Crippen LogP contribution in [0.5, 0.6) is 5.75 Å². The van der Waals surface area contributed by atoms with Gasteiger partial charge in [-0.2, -0.15) is 8.78 Å². The minimum atomic E-state index is -2.95. The number of alkyl halides is 2. The zero-order chi connectivity index (χ0) is 16.1. The summed E-state index contributed by atoms with van der Waals surface area (Å²) in [4.78, 5) is 13.0. The minimum absolute atomic E-state index is 0.0810. The van der Waals surface area contributed by atoms with Crippen LogP contribution in [-0.2, 0) is 6.42 Å². The van der Waals surface area contributed by atoms with Crippen molar-refractivity contribution in [2.45, 2.75) is 20.0 Å². The highest BCUT2D eigenvalue weighted by Gasteiger charge is 2.18. The summed E-state index contributed by atoms with van der Waals surface area (Å²) in [7, 11) is 0. The Labute approximate surface area is 130 Å². The molecule has 1 aromatic heterocycles. The molecule has 3 N–H and O–H groups in total. The quantitative estimate of drug-likeness (QED) is 0.801. The summed E-state index contributed by atoms with van der Waals surface area (Å²) in [6.07, 6.45) is 0.626. The first-order chi connectivity index (χ1) is 10.5. The van der Waals surface area contributed by atoms with Crippen molar-refractivity contribution in [1.29, 1.82) is 0 Å². The number of halogens is 2. The number of amides is 1. The molecule has 1 amide bonds. The van der Waals surface area contributed by atoms with Gasteiger partial charge in [0.25, 0.3) is 5.91 Å². The number of ether oxygens (including phenoxy) is 1. The molecule has 0 unspecified atom stereocenters. The van der Waals surface area contributed by atoms with Crippen molar-refractivity contribution in [3.63, 3.8) is 0 Å². The highest BCUT2D eigenvalue weighted by molar-refractivity contribution is 7.14. The summed E-state index contributed by atoms with van der Waals surface area (Å²) in [5, 5.41) is 2.70. The summed E-state index contributed by atoms with van der Waals surface area (Å²) >= 11 is 1.13. The molecule has 2 rings (SSSR count). The van der Waals surface area contributed by atoms with Gasteiger partial charge in [0.15, 0.2) is 0 Å². The molecule has 0 aliphatic rings. The Morgan fingerprint density at radius 2 is 2.05 bits per heavy atom. The van der Waals surface area contributed by atoms with E-state index in [1.807, 2.05) is 12.1 Å². The molecule has 7 heteroatoms. The second kappa shape index (κ2) is 7.22. The number of aryl methyl sites for hydroxylation is 1. The van der Waals surface area contributed by atoms with Gasteiger partial charge < -0.3 is 15.8 Å². The van der Waals surface area contributed by atoms with E-state index in [2.05, 4.69) is 10.1 Å². The number of carbonyl (C=O) groups is 1. The molecule has 0 fully saturated rings. The van der Waals surface area contributed by atoms with Gasteiger partial charge in [-0.3, -0.25) is 4.79 Å². The van der Waals surface area contributed by atoms with Crippen molar-refractivity contribution >= 4 is 22.9 Å². The molecule has 0 aliphatic carbocycles. The van der Waals surface area contributed by atoms with Gasteiger partial charge >= 0.3 is 6.61 Å². The Bertz CT molecular complexity index is 641. The predicted molar refractivity (Wildman–Crippen MR) is 82.6 cm³/mol. The van der Waals surface area contributed by atoms with E-state index in [0.717, 1.165) is 21.8 Å². The summed E-state index contributed by atoms with van der Waals surface area (Å²) in [5.74, 6) is -0.494. The molecule has 0 saturated heterocycles. The van der Waals surface area contributed by atoms with E-state index in [4.69, 9.17) is 5.73 Å². The molecule has 0 atom stereocenters. The minimum Gasteiger partial charge on any atom is -0.433 e. The lowest BCUT2D eigenvalue weighted by molar-refractivity contribution is -0.0498. The van der Waals surface area contributed by atoms with Crippen molar-refractivity contribution in [2.75, 3.05) is 12.3 Å². The second-order valence-electron chi connectivity index (χ2n) is 4.68. The number of nitrogens with one attached hydrogen (secondary N) is 1. The SMILES string of the molecule is Cc1cc(OC(F)F)c(C(=O)NCCc2ccc(N)cc2)s1. The van der Waals surface area contributed by atoms with Crippen molar-refractivity contribution in [1.82, 2.24) is 5.32 Å². The van der Waals surface area contributed by atoms with Crippen LogP contribution in [0.25, 0.3) is 0 Å². The van der Waals surface area contributed by atoms with Gasteiger partial charge in [-0.25, -0.2) is 0 Å². The number of hydrogen-bond donors (Lipinski definition) is 2. The molecular formula is C15H16F2N2O2S. The van der Waals surface area contributed by atoms with Gasteiger partial charge in [0.2, 0.25) is 0 Å². The number of thiophene rings is 1. The van der Waals surface area contributed by atoms with Gasteiger partial charge in [0.1, 0.15) is 10.6 Å². The van der Waals surface area contributed by atoms with Crippen molar-refractivity contribution in [2.24, 2.45) is 0 Å². The normalized spacial score (nSPS) is 10.7. The smallest absolute Gasteiger partial charge is 0.387 e. The third-order valence-electron chi connectivity index (χ3n) is 2.92. The Kier molecular flexibility index (Phi) is 5.32. The van der Waals surface area contributed by atoms with E-state index in [-0.39, 0.29) is 10.6 Å². The van der Waals surface area contributed by atoms with Gasteiger partial charge in [-0.1, -0.05) is 12.1 Å². The maximum atomic E-state index is 12.3. The lowest BCUT2D eigenvalue weighted by Gasteiger charge is -2.07. The number of rotatable bonds is 6. The lowest BCUT2D eigenvalue weighted by atomic mass is 10.1. The Hall–Kier alpha value is -2.15. The molecule has 0 saturated carbocycles. The van der Waals surface area contributed by atoms with Crippen molar-refractivity contribution in [3.8, 4) is 5.75 Å². The molecule has 1 aromatic carbocycles. The highest BCUT2D eigenvalue weighted by Crippen LogP contribution is 2.30. The molecule has 22 heavy (non-hydrogen) atoms. The monoisotopic (exact) mass is 326 g/mol. The van der Waals surface area contributed by atoms with E-state index < -0.39 is 12.5 Å². The van der Waals surface area contributed by atoms with Crippen LogP contribution in [0.2, 0.25) is 0 Å². The average Bonchev–Trinajstić information content (AvgIpc) is 2.81. The van der Waals surface area contributed by atoms with Gasteiger partial charge in [0.05, 0.1) is 0 Å². The van der Waals surface area contributed by atoms with Crippen molar-refractivity contribution < 1.29 is 18.3 Å². The van der Waals surface area contributed by atoms with Crippen LogP contribution in [0.3, 0.4) is 0 Å². The highest BCUT2D eigenvalue weighted by atomic mass is 32.1. The Morgan fingerprint density at radius 1 is 1.36 bits per heavy atom. The molecule has 0 aliphatic heterocycles. The lowest BCUT2D eigenvalue weighted by Crippen LogP contribution is -2.25. The third-order valence-corrected chi connectivity index (χ3v) is 3.95. The van der Waals surface area contributed by atoms with E-state index in [1.165, 1.54) is 6.07 Å². The van der Waals surface area contributed by atoms with Crippen LogP contribution < -0.4 is 15.8 Å². The summed E-state index contributed by atoms with van der Waals surface area (Å²) in [6.45, 7) is -0.822. The second-order valence-corrected chi connectivity index (χ2v) is 5.93. The maximum Gasteiger partial charge on any atom is 0.387 e. The van der Waals surface area contributed by atoms with Crippen LogP contribution in [0.15, 0.2) is 30.3 Å². The number of benzene rings is 1. The van der Waals surface area contributed by atoms with E-state index in [1.54, 1.807) is 19.1 Å². The van der Waals surface area contributed by atoms with Crippen LogP contribution in [-0.4, -0.2) is 19.1 Å². The molecule has 1 heterocycles. The molecule has 2 aromatic rings. The number of carbonyl (C=O) groups excluding carboxylic acids is 1. The number of nitrogens with two attached hydrogens (primary N) is 1. The fourth-order valence-corrected chi connectivity index (χ4v) is 2.78. The zero-order valence-corrected chi connectivity index (χ0v) is 12.8. The van der Waals surface area contributed by atoms with Gasteiger partial charge in [-0.15, -0.1) is 11.3 Å². The summed E-state index contributed by atoms with van der Waals surface area (Å²) in [5.41, 5.74) is 7.30. The van der Waals surface area contributed by atoms with E-state index >= 15 is 0 Å². The maximum absolute atomic E-state index is 12.3. The molecule has 0 bridgehead atoms. The predicted octanol–water partition coefficient (Wildman–Crippen LogP) is 3.21. The van der Waals surface area contributed by atoms with Crippen LogP contribution >= 0.6 is 11.3 Å². The van der Waals surface area contributed by atoms with Crippen LogP contribution in [0, 0.1) is 6.92 Å². The van der Waals surface area contributed by atoms with Crippen molar-refractivity contribution in [3.05, 3.63) is 45.6 Å². The molecule has 0 radical (unpaired) electrons. The third kappa shape index (κ3) is 4.42. The Morgan fingerprint density at radius 3 is 2.68 bits per heavy atom. The first kappa shape index (κ1) is 16.2. The molecule has 0 spiro atoms. The number of nitrogen functional groups attached to an aromatic ring is 1. The molecular weight excluding hydrogens is 310 g/mol. The molecule has 118 valence electrons. The first-order valence-corrected chi connectivity index (χ1v) is 7.45. The topological polar surface area (TPSA) is 64.3 Å². The largest absolute Gasteiger partial charge is 0.433 e. The van der Waals surface area contributed by atoms with E-state index in [0.29, 0.717) is 18.7 Å². The van der Waals surface area contributed by atoms with Crippen LogP contribution in [0.4, 0.5) is 14.5 Å². The fourth-order valence-electron chi connectivity index (χ4n) is 1.92. The standard InChI is InChI=1S/C15H16F2N2O2S/c1-9-8-12(21-15(16)17)13(22-9)14(20)19-7-6-10-2-4-11(18)5-3-10/h2-5,8,15H,6-7,18H2,1H3,(H,19,20). The van der Waals surface area contributed by atoms with Crippen LogP contribution in [0.1, 0.15) is 20.1 Å². The summed E-state index contributed by atoms with van der Waals surface area (Å²) in [6, 6.07) is 8.76. The average molecular weight is 326 g/mol. The zero-order valence-electron chi connectivity index (χ0n) is 11.9. The van der Waals surface area contributed by atoms with Gasteiger partial charge in [0, 0.05) is 17.1 Å². The van der Waals surface area contributed by atoms with Gasteiger partial charge in [-0.05, 0) is 37.1 Å². The Balaban J connectivity index is 1.93. The summed E-state index contributed by atoms with van der Waals surface area (Å²) < 4.78 is 29.0. The fraction of sp³-hybridized carbons (Fsp3) is 0.267. The first-order valence-electron chi connectivity index (χ1n) is 6.63. The number of anilines is 1.